The van der Waals surface area contributed by atoms with E-state index in [1.807, 2.05) is 50.2 Å². The van der Waals surface area contributed by atoms with Gasteiger partial charge in [0.15, 0.2) is 0 Å². The molecule has 2 unspecified atom stereocenters. The Morgan fingerprint density at radius 1 is 1.09 bits per heavy atom. The summed E-state index contributed by atoms with van der Waals surface area (Å²) in [5.74, 6) is -0.174. The number of carbonyl (C=O) groups is 2. The van der Waals surface area contributed by atoms with Gasteiger partial charge in [0, 0.05) is 22.3 Å². The van der Waals surface area contributed by atoms with Crippen LogP contribution in [0.5, 0.6) is 0 Å². The molecule has 4 aromatic rings. The zero-order valence-electron chi connectivity index (χ0n) is 18.3. The SMILES string of the molecule is CC1=NC(=O)NC(c2ccc(-c3c(C)noc3C)cc2)C1C(=O)Nc1ccc2[nH]ncc2c1. The molecule has 2 atom stereocenters. The minimum Gasteiger partial charge on any atom is -0.361 e. The molecule has 9 nitrogen and oxygen atoms in total. The van der Waals surface area contributed by atoms with E-state index in [1.165, 1.54) is 0 Å². The molecule has 0 saturated carbocycles. The van der Waals surface area contributed by atoms with Crippen LogP contribution in [-0.2, 0) is 4.79 Å². The van der Waals surface area contributed by atoms with Crippen LogP contribution in [0, 0.1) is 19.8 Å². The number of anilines is 1. The molecule has 166 valence electrons. The third kappa shape index (κ3) is 3.78. The topological polar surface area (TPSA) is 125 Å². The molecule has 2 aromatic heterocycles. The van der Waals surface area contributed by atoms with Crippen molar-refractivity contribution >= 4 is 34.2 Å². The number of benzene rings is 2. The van der Waals surface area contributed by atoms with E-state index in [2.05, 4.69) is 31.0 Å². The minimum absolute atomic E-state index is 0.251. The maximum atomic E-state index is 13.3. The van der Waals surface area contributed by atoms with Gasteiger partial charge in [0.1, 0.15) is 11.7 Å². The Hall–Kier alpha value is -4.27. The summed E-state index contributed by atoms with van der Waals surface area (Å²) in [6.07, 6.45) is 1.70. The van der Waals surface area contributed by atoms with Crippen LogP contribution >= 0.6 is 0 Å². The number of urea groups is 1. The fraction of sp³-hybridized carbons (Fsp3) is 0.208. The largest absolute Gasteiger partial charge is 0.361 e. The third-order valence-corrected chi connectivity index (χ3v) is 5.92. The number of nitrogens with zero attached hydrogens (tertiary/aromatic N) is 3. The summed E-state index contributed by atoms with van der Waals surface area (Å²) in [4.78, 5) is 29.5. The third-order valence-electron chi connectivity index (χ3n) is 5.92. The van der Waals surface area contributed by atoms with Crippen molar-refractivity contribution < 1.29 is 14.1 Å². The second-order valence-corrected chi connectivity index (χ2v) is 8.14. The lowest BCUT2D eigenvalue weighted by Crippen LogP contribution is -2.45. The molecule has 0 radical (unpaired) electrons. The highest BCUT2D eigenvalue weighted by Crippen LogP contribution is 2.32. The van der Waals surface area contributed by atoms with E-state index in [1.54, 1.807) is 19.2 Å². The van der Waals surface area contributed by atoms with Crippen molar-refractivity contribution in [3.05, 3.63) is 65.7 Å². The van der Waals surface area contributed by atoms with Crippen molar-refractivity contribution in [1.29, 1.82) is 0 Å². The van der Waals surface area contributed by atoms with Crippen LogP contribution in [0.1, 0.15) is 30.0 Å². The molecule has 2 aromatic carbocycles. The number of hydrogen-bond donors (Lipinski definition) is 3. The van der Waals surface area contributed by atoms with E-state index in [0.29, 0.717) is 11.4 Å². The molecule has 0 bridgehead atoms. The molecule has 5 rings (SSSR count). The molecular weight excluding hydrogens is 420 g/mol. The van der Waals surface area contributed by atoms with Crippen LogP contribution in [0.4, 0.5) is 10.5 Å². The van der Waals surface area contributed by atoms with Gasteiger partial charge < -0.3 is 15.2 Å². The summed E-state index contributed by atoms with van der Waals surface area (Å²) in [7, 11) is 0. The van der Waals surface area contributed by atoms with Crippen molar-refractivity contribution in [3.8, 4) is 11.1 Å². The van der Waals surface area contributed by atoms with E-state index in [-0.39, 0.29) is 5.91 Å². The van der Waals surface area contributed by atoms with E-state index < -0.39 is 18.0 Å². The number of aromatic amines is 1. The highest BCUT2D eigenvalue weighted by molar-refractivity contribution is 6.13. The second kappa shape index (κ2) is 8.01. The number of amides is 3. The molecule has 3 amide bonds. The zero-order valence-corrected chi connectivity index (χ0v) is 18.3. The zero-order chi connectivity index (χ0) is 23.1. The molecule has 0 aliphatic carbocycles. The average Bonchev–Trinajstić information content (AvgIpc) is 3.38. The summed E-state index contributed by atoms with van der Waals surface area (Å²) in [6, 6.07) is 12.2. The average molecular weight is 442 g/mol. The van der Waals surface area contributed by atoms with E-state index >= 15 is 0 Å². The van der Waals surface area contributed by atoms with Crippen molar-refractivity contribution in [2.75, 3.05) is 5.32 Å². The van der Waals surface area contributed by atoms with Crippen LogP contribution < -0.4 is 10.6 Å². The van der Waals surface area contributed by atoms with Gasteiger partial charge in [-0.25, -0.2) is 9.79 Å². The first-order valence-corrected chi connectivity index (χ1v) is 10.5. The van der Waals surface area contributed by atoms with Gasteiger partial charge in [-0.1, -0.05) is 29.4 Å². The molecule has 0 fully saturated rings. The van der Waals surface area contributed by atoms with Gasteiger partial charge in [-0.05, 0) is 50.1 Å². The Kier molecular flexibility index (Phi) is 5.01. The first-order chi connectivity index (χ1) is 15.9. The maximum absolute atomic E-state index is 13.3. The summed E-state index contributed by atoms with van der Waals surface area (Å²) in [5, 5.41) is 17.6. The Morgan fingerprint density at radius 2 is 1.88 bits per heavy atom. The maximum Gasteiger partial charge on any atom is 0.341 e. The lowest BCUT2D eigenvalue weighted by molar-refractivity contribution is -0.118. The van der Waals surface area contributed by atoms with Crippen LogP contribution in [0.3, 0.4) is 0 Å². The quantitative estimate of drug-likeness (QED) is 0.434. The molecule has 9 heteroatoms. The predicted molar refractivity (Wildman–Crippen MR) is 124 cm³/mol. The molecule has 1 aliphatic heterocycles. The number of aryl methyl sites for hydroxylation is 2. The number of hydrogen-bond acceptors (Lipinski definition) is 5. The second-order valence-electron chi connectivity index (χ2n) is 8.14. The number of fused-ring (bicyclic) bond motifs is 1. The lowest BCUT2D eigenvalue weighted by atomic mass is 9.86. The minimum atomic E-state index is -0.660. The van der Waals surface area contributed by atoms with Gasteiger partial charge in [0.05, 0.1) is 23.4 Å². The monoisotopic (exact) mass is 442 g/mol. The number of aliphatic imine (C=N–C) groups is 1. The van der Waals surface area contributed by atoms with Crippen molar-refractivity contribution in [2.24, 2.45) is 10.9 Å². The molecule has 3 heterocycles. The van der Waals surface area contributed by atoms with Gasteiger partial charge in [0.2, 0.25) is 5.91 Å². The first kappa shape index (κ1) is 20.6. The normalized spacial score (nSPS) is 18.2. The Balaban J connectivity index is 1.44. The number of H-pyrrole nitrogens is 1. The summed E-state index contributed by atoms with van der Waals surface area (Å²) in [5.41, 5.74) is 5.49. The fourth-order valence-electron chi connectivity index (χ4n) is 4.33. The van der Waals surface area contributed by atoms with Gasteiger partial charge in [-0.2, -0.15) is 5.10 Å². The molecule has 1 aliphatic rings. The van der Waals surface area contributed by atoms with Crippen LogP contribution in [0.25, 0.3) is 22.0 Å². The van der Waals surface area contributed by atoms with E-state index in [4.69, 9.17) is 4.52 Å². The predicted octanol–water partition coefficient (Wildman–Crippen LogP) is 4.31. The number of rotatable bonds is 4. The number of nitrogens with one attached hydrogen (secondary N) is 3. The van der Waals surface area contributed by atoms with Crippen molar-refractivity contribution in [1.82, 2.24) is 20.7 Å². The smallest absolute Gasteiger partial charge is 0.341 e. The van der Waals surface area contributed by atoms with Gasteiger partial charge >= 0.3 is 6.03 Å². The van der Waals surface area contributed by atoms with E-state index in [0.717, 1.165) is 39.0 Å². The van der Waals surface area contributed by atoms with Gasteiger partial charge in [-0.15, -0.1) is 0 Å². The highest BCUT2D eigenvalue weighted by atomic mass is 16.5. The van der Waals surface area contributed by atoms with Gasteiger partial charge in [0.25, 0.3) is 0 Å². The van der Waals surface area contributed by atoms with Crippen LogP contribution in [0.15, 0.2) is 58.2 Å². The number of aromatic nitrogens is 3. The number of carbonyl (C=O) groups excluding carboxylic acids is 2. The Labute approximate surface area is 189 Å². The summed E-state index contributed by atoms with van der Waals surface area (Å²) >= 11 is 0. The lowest BCUT2D eigenvalue weighted by Gasteiger charge is -2.30. The van der Waals surface area contributed by atoms with Crippen LogP contribution in [0.2, 0.25) is 0 Å². The van der Waals surface area contributed by atoms with Crippen LogP contribution in [-0.4, -0.2) is 33.0 Å². The summed E-state index contributed by atoms with van der Waals surface area (Å²) < 4.78 is 5.27. The molecule has 3 N–H and O–H groups in total. The molecule has 0 spiro atoms. The Bertz CT molecular complexity index is 1380. The molecular formula is C24H22N6O3. The van der Waals surface area contributed by atoms with Gasteiger partial charge in [-0.3, -0.25) is 9.89 Å². The van der Waals surface area contributed by atoms with Crippen molar-refractivity contribution in [2.45, 2.75) is 26.8 Å². The fourth-order valence-corrected chi connectivity index (χ4v) is 4.33. The summed E-state index contributed by atoms with van der Waals surface area (Å²) in [6.45, 7) is 5.46. The Morgan fingerprint density at radius 3 is 2.61 bits per heavy atom. The highest BCUT2D eigenvalue weighted by Gasteiger charge is 2.37. The molecule has 0 saturated heterocycles. The standard InChI is InChI=1S/C24H22N6O3/c1-12-21(23(31)27-18-8-9-19-17(10-18)11-25-29-19)22(28-24(32)26-12)16-6-4-15(5-7-16)20-13(2)30-33-14(20)3/h4-11,21-22H,1-3H3,(H,25,29)(H,27,31)(H,28,32). The van der Waals surface area contributed by atoms with Crippen molar-refractivity contribution in [3.63, 3.8) is 0 Å². The molecule has 33 heavy (non-hydrogen) atoms. The van der Waals surface area contributed by atoms with E-state index in [9.17, 15) is 9.59 Å². The first-order valence-electron chi connectivity index (χ1n) is 10.5.